The van der Waals surface area contributed by atoms with E-state index >= 15 is 0 Å². The molecule has 6 heteroatoms. The fourth-order valence-electron chi connectivity index (χ4n) is 3.35. The van der Waals surface area contributed by atoms with Crippen molar-refractivity contribution in [2.45, 2.75) is 26.4 Å². The average molecular weight is 394 g/mol. The molecule has 0 spiro atoms. The summed E-state index contributed by atoms with van der Waals surface area (Å²) in [4.78, 5) is 26.6. The van der Waals surface area contributed by atoms with E-state index in [-0.39, 0.29) is 23.7 Å². The second-order valence-electron chi connectivity index (χ2n) is 6.96. The molecule has 0 saturated carbocycles. The van der Waals surface area contributed by atoms with Gasteiger partial charge in [0.1, 0.15) is 5.82 Å². The maximum absolute atomic E-state index is 13.9. The number of rotatable bonds is 4. The first-order valence-electron chi connectivity index (χ1n) is 9.04. The van der Waals surface area contributed by atoms with Gasteiger partial charge in [-0.05, 0) is 43.8 Å². The van der Waals surface area contributed by atoms with Crippen molar-refractivity contribution in [3.63, 3.8) is 0 Å². The van der Waals surface area contributed by atoms with E-state index in [1.54, 1.807) is 24.3 Å². The summed E-state index contributed by atoms with van der Waals surface area (Å²) < 4.78 is 16.1. The van der Waals surface area contributed by atoms with E-state index in [2.05, 4.69) is 18.4 Å². The summed E-state index contributed by atoms with van der Waals surface area (Å²) in [5, 5.41) is 0.643. The Morgan fingerprint density at radius 3 is 2.54 bits per heavy atom. The van der Waals surface area contributed by atoms with Crippen molar-refractivity contribution < 1.29 is 14.0 Å². The molecule has 0 bridgehead atoms. The maximum Gasteiger partial charge on any atom is 0.293 e. The molecule has 28 heavy (non-hydrogen) atoms. The lowest BCUT2D eigenvalue weighted by Crippen LogP contribution is -2.27. The van der Waals surface area contributed by atoms with Crippen molar-refractivity contribution in [2.24, 2.45) is 0 Å². The number of fused-ring (bicyclic) bond motifs is 1. The van der Waals surface area contributed by atoms with E-state index < -0.39 is 5.82 Å². The normalized spacial score (nSPS) is 16.1. The van der Waals surface area contributed by atoms with Gasteiger partial charge in [-0.15, -0.1) is 0 Å². The average Bonchev–Trinajstić information content (AvgIpc) is 3.17. The molecule has 0 atom stereocenters. The predicted molar refractivity (Wildman–Crippen MR) is 110 cm³/mol. The molecule has 2 amide bonds. The number of carbonyl (C=O) groups excluding carboxylic acids is 2. The fourth-order valence-corrected chi connectivity index (χ4v) is 4.18. The largest absolute Gasteiger partial charge is 0.344 e. The van der Waals surface area contributed by atoms with E-state index in [4.69, 9.17) is 0 Å². The molecule has 0 aliphatic carbocycles. The number of hydrogen-bond acceptors (Lipinski definition) is 3. The van der Waals surface area contributed by atoms with Crippen LogP contribution in [0.2, 0.25) is 0 Å². The van der Waals surface area contributed by atoms with Gasteiger partial charge in [0.05, 0.1) is 11.4 Å². The predicted octanol–water partition coefficient (Wildman–Crippen LogP) is 5.60. The third kappa shape index (κ3) is 3.24. The number of amides is 2. The van der Waals surface area contributed by atoms with E-state index in [1.807, 2.05) is 30.5 Å². The van der Waals surface area contributed by atoms with Crippen LogP contribution < -0.4 is 0 Å². The first-order valence-corrected chi connectivity index (χ1v) is 9.85. The Kier molecular flexibility index (Phi) is 4.81. The summed E-state index contributed by atoms with van der Waals surface area (Å²) >= 11 is 0.895. The standard InChI is InChI=1S/C22H19FN2O2S/c1-14(2)24-13-16(17-8-4-6-10-19(17)24)11-20-21(26)25(22(27)28-20)12-15-7-3-5-9-18(15)23/h3-11,13-14H,12H2,1-2H3/b20-11-. The summed E-state index contributed by atoms with van der Waals surface area (Å²) in [6.45, 7) is 4.12. The van der Waals surface area contributed by atoms with E-state index in [0.717, 1.165) is 33.1 Å². The Morgan fingerprint density at radius 1 is 1.07 bits per heavy atom. The molecular weight excluding hydrogens is 375 g/mol. The van der Waals surface area contributed by atoms with E-state index in [1.165, 1.54) is 6.07 Å². The van der Waals surface area contributed by atoms with Gasteiger partial charge in [-0.3, -0.25) is 14.5 Å². The quantitative estimate of drug-likeness (QED) is 0.541. The molecule has 0 N–H and O–H groups in total. The van der Waals surface area contributed by atoms with Crippen LogP contribution in [0.5, 0.6) is 0 Å². The van der Waals surface area contributed by atoms with Gasteiger partial charge in [0, 0.05) is 34.3 Å². The van der Waals surface area contributed by atoms with E-state index in [0.29, 0.717) is 10.5 Å². The van der Waals surface area contributed by atoms with Crippen molar-refractivity contribution in [1.82, 2.24) is 9.47 Å². The zero-order valence-electron chi connectivity index (χ0n) is 15.6. The minimum Gasteiger partial charge on any atom is -0.344 e. The SMILES string of the molecule is CC(C)n1cc(/C=C2\SC(=O)N(Cc3ccccc3F)C2=O)c2ccccc21. The number of hydrogen-bond donors (Lipinski definition) is 0. The van der Waals surface area contributed by atoms with Crippen LogP contribution in [-0.4, -0.2) is 20.6 Å². The molecule has 1 fully saturated rings. The minimum absolute atomic E-state index is 0.0670. The molecule has 2 heterocycles. The highest BCUT2D eigenvalue weighted by atomic mass is 32.2. The van der Waals surface area contributed by atoms with Crippen LogP contribution in [0.25, 0.3) is 17.0 Å². The molecule has 142 valence electrons. The van der Waals surface area contributed by atoms with Crippen LogP contribution in [0.1, 0.15) is 31.0 Å². The van der Waals surface area contributed by atoms with Crippen LogP contribution in [0.4, 0.5) is 9.18 Å². The van der Waals surface area contributed by atoms with Gasteiger partial charge in [-0.1, -0.05) is 36.4 Å². The topological polar surface area (TPSA) is 42.3 Å². The lowest BCUT2D eigenvalue weighted by Gasteiger charge is -2.12. The molecule has 4 nitrogen and oxygen atoms in total. The molecule has 0 unspecified atom stereocenters. The molecule has 1 saturated heterocycles. The Bertz CT molecular complexity index is 1120. The molecule has 1 aromatic heterocycles. The monoisotopic (exact) mass is 394 g/mol. The third-order valence-electron chi connectivity index (χ3n) is 4.77. The van der Waals surface area contributed by atoms with Crippen molar-refractivity contribution in [2.75, 3.05) is 0 Å². The number of aromatic nitrogens is 1. The second-order valence-corrected chi connectivity index (χ2v) is 7.96. The highest BCUT2D eigenvalue weighted by molar-refractivity contribution is 8.18. The molecule has 0 radical (unpaired) electrons. The van der Waals surface area contributed by atoms with Gasteiger partial charge < -0.3 is 4.57 Å². The Hall–Kier alpha value is -2.86. The highest BCUT2D eigenvalue weighted by Gasteiger charge is 2.35. The molecular formula is C22H19FN2O2S. The first kappa shape index (κ1) is 18.5. The van der Waals surface area contributed by atoms with Crippen LogP contribution >= 0.6 is 11.8 Å². The molecule has 1 aliphatic rings. The van der Waals surface area contributed by atoms with Crippen LogP contribution in [-0.2, 0) is 11.3 Å². The zero-order valence-corrected chi connectivity index (χ0v) is 16.4. The number of halogens is 1. The highest BCUT2D eigenvalue weighted by Crippen LogP contribution is 2.35. The summed E-state index contributed by atoms with van der Waals surface area (Å²) in [7, 11) is 0. The molecule has 1 aliphatic heterocycles. The summed E-state index contributed by atoms with van der Waals surface area (Å²) in [6, 6.07) is 14.4. The number of imide groups is 1. The van der Waals surface area contributed by atoms with Gasteiger partial charge >= 0.3 is 0 Å². The smallest absolute Gasteiger partial charge is 0.293 e. The van der Waals surface area contributed by atoms with Crippen molar-refractivity contribution in [3.05, 3.63) is 76.6 Å². The van der Waals surface area contributed by atoms with Gasteiger partial charge in [0.25, 0.3) is 11.1 Å². The third-order valence-corrected chi connectivity index (χ3v) is 5.68. The van der Waals surface area contributed by atoms with Gasteiger partial charge in [-0.2, -0.15) is 0 Å². The van der Waals surface area contributed by atoms with Crippen molar-refractivity contribution in [1.29, 1.82) is 0 Å². The zero-order chi connectivity index (χ0) is 19.8. The lowest BCUT2D eigenvalue weighted by atomic mass is 10.1. The van der Waals surface area contributed by atoms with Crippen molar-refractivity contribution >= 4 is 39.9 Å². The Morgan fingerprint density at radius 2 is 1.79 bits per heavy atom. The maximum atomic E-state index is 13.9. The van der Waals surface area contributed by atoms with Crippen LogP contribution in [0.3, 0.4) is 0 Å². The second kappa shape index (κ2) is 7.28. The van der Waals surface area contributed by atoms with Crippen LogP contribution in [0, 0.1) is 5.82 Å². The van der Waals surface area contributed by atoms with E-state index in [9.17, 15) is 14.0 Å². The molecule has 2 aromatic carbocycles. The summed E-state index contributed by atoms with van der Waals surface area (Å²) in [5.41, 5.74) is 2.29. The fraction of sp³-hybridized carbons (Fsp3) is 0.182. The summed E-state index contributed by atoms with van der Waals surface area (Å²) in [5.74, 6) is -0.815. The number of benzene rings is 2. The number of para-hydroxylation sites is 1. The number of carbonyl (C=O) groups is 2. The molecule has 3 aromatic rings. The minimum atomic E-state index is -0.425. The molecule has 4 rings (SSSR count). The number of nitrogens with zero attached hydrogens (tertiary/aromatic N) is 2. The van der Waals surface area contributed by atoms with Crippen molar-refractivity contribution in [3.8, 4) is 0 Å². The van der Waals surface area contributed by atoms with Gasteiger partial charge in [0.15, 0.2) is 0 Å². The van der Waals surface area contributed by atoms with Gasteiger partial charge in [0.2, 0.25) is 0 Å². The van der Waals surface area contributed by atoms with Crippen LogP contribution in [0.15, 0.2) is 59.6 Å². The summed E-state index contributed by atoms with van der Waals surface area (Å²) in [6.07, 6.45) is 3.76. The Balaban J connectivity index is 1.68. The number of thioether (sulfide) groups is 1. The lowest BCUT2D eigenvalue weighted by molar-refractivity contribution is -0.123. The first-order chi connectivity index (χ1) is 13.5. The Labute approximate surface area is 166 Å². The van der Waals surface area contributed by atoms with Gasteiger partial charge in [-0.25, -0.2) is 4.39 Å².